The van der Waals surface area contributed by atoms with Crippen LogP contribution in [0.3, 0.4) is 0 Å². The van der Waals surface area contributed by atoms with Gasteiger partial charge < -0.3 is 20.1 Å². The Morgan fingerprint density at radius 1 is 1.30 bits per heavy atom. The van der Waals surface area contributed by atoms with Gasteiger partial charge in [0.2, 0.25) is 0 Å². The highest BCUT2D eigenvalue weighted by Gasteiger charge is 2.35. The quantitative estimate of drug-likeness (QED) is 0.380. The predicted molar refractivity (Wildman–Crippen MR) is 41.8 cm³/mol. The summed E-state index contributed by atoms with van der Waals surface area (Å²) in [5.41, 5.74) is 0. The van der Waals surface area contributed by atoms with E-state index in [1.165, 1.54) is 0 Å². The molecule has 0 aromatic rings. The van der Waals surface area contributed by atoms with Crippen molar-refractivity contribution in [3.63, 3.8) is 0 Å². The summed E-state index contributed by atoms with van der Waals surface area (Å²) in [6, 6.07) is 0. The first-order valence-corrected chi connectivity index (χ1v) is 4.17. The van der Waals surface area contributed by atoms with Crippen LogP contribution >= 0.6 is 22.6 Å². The molecule has 10 heavy (non-hydrogen) atoms. The first-order valence-electron chi connectivity index (χ1n) is 2.93. The highest BCUT2D eigenvalue weighted by atomic mass is 127. The Balaban J connectivity index is 2.52. The summed E-state index contributed by atoms with van der Waals surface area (Å²) in [5.74, 6) is 0. The molecular weight excluding hydrogens is 251 g/mol. The molecule has 0 spiro atoms. The molecule has 4 atom stereocenters. The zero-order valence-electron chi connectivity index (χ0n) is 5.14. The van der Waals surface area contributed by atoms with Gasteiger partial charge in [0.1, 0.15) is 6.10 Å². The lowest BCUT2D eigenvalue weighted by atomic mass is 10.1. The molecular formula is C5H9IO4. The van der Waals surface area contributed by atoms with E-state index < -0.39 is 18.5 Å². The molecule has 0 radical (unpaired) electrons. The van der Waals surface area contributed by atoms with Gasteiger partial charge >= 0.3 is 0 Å². The van der Waals surface area contributed by atoms with E-state index >= 15 is 0 Å². The largest absolute Gasteiger partial charge is 0.390 e. The topological polar surface area (TPSA) is 69.9 Å². The maximum absolute atomic E-state index is 9.07. The summed E-state index contributed by atoms with van der Waals surface area (Å²) in [4.78, 5) is 0. The van der Waals surface area contributed by atoms with Crippen molar-refractivity contribution >= 4 is 22.6 Å². The van der Waals surface area contributed by atoms with Crippen molar-refractivity contribution in [2.24, 2.45) is 0 Å². The first-order chi connectivity index (χ1) is 4.63. The average Bonchev–Trinajstić information content (AvgIpc) is 1.93. The van der Waals surface area contributed by atoms with E-state index in [4.69, 9.17) is 15.3 Å². The van der Waals surface area contributed by atoms with Gasteiger partial charge in [0.15, 0.2) is 6.29 Å². The van der Waals surface area contributed by atoms with Crippen LogP contribution in [0, 0.1) is 0 Å². The van der Waals surface area contributed by atoms with Crippen LogP contribution < -0.4 is 0 Å². The Labute approximate surface area is 72.0 Å². The van der Waals surface area contributed by atoms with Gasteiger partial charge in [-0.25, -0.2) is 0 Å². The normalized spacial score (nSPS) is 49.2. The van der Waals surface area contributed by atoms with Gasteiger partial charge in [-0.05, 0) is 0 Å². The Morgan fingerprint density at radius 3 is 2.40 bits per heavy atom. The third-order valence-electron chi connectivity index (χ3n) is 1.42. The van der Waals surface area contributed by atoms with Crippen molar-refractivity contribution < 1.29 is 20.1 Å². The number of hydrogen-bond donors (Lipinski definition) is 3. The second-order valence-electron chi connectivity index (χ2n) is 2.23. The molecule has 0 amide bonds. The van der Waals surface area contributed by atoms with Crippen molar-refractivity contribution in [2.75, 3.05) is 6.61 Å². The lowest BCUT2D eigenvalue weighted by Crippen LogP contribution is -2.49. The van der Waals surface area contributed by atoms with Crippen LogP contribution in [0.1, 0.15) is 0 Å². The molecule has 3 N–H and O–H groups in total. The van der Waals surface area contributed by atoms with E-state index in [2.05, 4.69) is 4.74 Å². The summed E-state index contributed by atoms with van der Waals surface area (Å²) >= 11 is 1.88. The van der Waals surface area contributed by atoms with Crippen molar-refractivity contribution in [3.05, 3.63) is 0 Å². The SMILES string of the molecule is O[C@H]1[C@H](I)[C@@H](O)CO[C@@H]1O. The molecule has 0 aliphatic carbocycles. The second-order valence-corrected chi connectivity index (χ2v) is 3.66. The molecule has 0 bridgehead atoms. The minimum absolute atomic E-state index is 0.0891. The van der Waals surface area contributed by atoms with E-state index in [0.29, 0.717) is 0 Å². The van der Waals surface area contributed by atoms with Gasteiger partial charge in [0, 0.05) is 0 Å². The molecule has 1 heterocycles. The second kappa shape index (κ2) is 3.31. The third-order valence-corrected chi connectivity index (χ3v) is 2.99. The predicted octanol–water partition coefficient (Wildman–Crippen LogP) is -1.14. The zero-order chi connectivity index (χ0) is 7.72. The summed E-state index contributed by atoms with van der Waals surface area (Å²) in [7, 11) is 0. The smallest absolute Gasteiger partial charge is 0.182 e. The standard InChI is InChI=1S/C5H9IO4/c6-3-2(7)1-10-5(9)4(3)8/h2-5,7-9H,1H2/t2-,3+,4-,5-/m0/s1. The summed E-state index contributed by atoms with van der Waals surface area (Å²) in [6.45, 7) is 0.0891. The van der Waals surface area contributed by atoms with Crippen molar-refractivity contribution in [2.45, 2.75) is 22.4 Å². The molecule has 1 fully saturated rings. The fraction of sp³-hybridized carbons (Fsp3) is 1.00. The number of alkyl halides is 1. The molecule has 1 saturated heterocycles. The number of hydrogen-bond acceptors (Lipinski definition) is 4. The molecule has 5 heteroatoms. The molecule has 4 nitrogen and oxygen atoms in total. The highest BCUT2D eigenvalue weighted by Crippen LogP contribution is 2.20. The van der Waals surface area contributed by atoms with Crippen LogP contribution in [0.4, 0.5) is 0 Å². The number of rotatable bonds is 0. The number of halogens is 1. The van der Waals surface area contributed by atoms with Gasteiger partial charge in [-0.2, -0.15) is 0 Å². The van der Waals surface area contributed by atoms with Crippen LogP contribution in [0.2, 0.25) is 0 Å². The Hall–Kier alpha value is 0.570. The Morgan fingerprint density at radius 2 is 1.90 bits per heavy atom. The molecule has 0 aromatic heterocycles. The van der Waals surface area contributed by atoms with Crippen molar-refractivity contribution in [1.82, 2.24) is 0 Å². The van der Waals surface area contributed by atoms with Crippen LogP contribution in [0.25, 0.3) is 0 Å². The Kier molecular flexibility index (Phi) is 2.87. The van der Waals surface area contributed by atoms with Crippen LogP contribution in [-0.4, -0.2) is 44.3 Å². The third kappa shape index (κ3) is 1.59. The fourth-order valence-corrected chi connectivity index (χ4v) is 1.34. The molecule has 0 aromatic carbocycles. The van der Waals surface area contributed by atoms with Crippen LogP contribution in [-0.2, 0) is 4.74 Å². The molecule has 0 unspecified atom stereocenters. The molecule has 1 aliphatic rings. The van der Waals surface area contributed by atoms with Gasteiger partial charge in [0.05, 0.1) is 16.6 Å². The molecule has 1 rings (SSSR count). The van der Waals surface area contributed by atoms with Crippen molar-refractivity contribution in [3.8, 4) is 0 Å². The maximum Gasteiger partial charge on any atom is 0.182 e. The minimum atomic E-state index is -1.15. The van der Waals surface area contributed by atoms with E-state index in [1.54, 1.807) is 0 Å². The number of aliphatic hydroxyl groups excluding tert-OH is 3. The highest BCUT2D eigenvalue weighted by molar-refractivity contribution is 14.1. The van der Waals surface area contributed by atoms with E-state index in [0.717, 1.165) is 0 Å². The Bertz CT molecular complexity index is 106. The maximum atomic E-state index is 9.07. The minimum Gasteiger partial charge on any atom is -0.390 e. The summed E-state index contributed by atoms with van der Waals surface area (Å²) in [6.07, 6.45) is -2.81. The van der Waals surface area contributed by atoms with Gasteiger partial charge in [-0.1, -0.05) is 22.6 Å². The lowest BCUT2D eigenvalue weighted by Gasteiger charge is -2.31. The van der Waals surface area contributed by atoms with Gasteiger partial charge in [-0.3, -0.25) is 0 Å². The fourth-order valence-electron chi connectivity index (χ4n) is 0.773. The van der Waals surface area contributed by atoms with E-state index in [9.17, 15) is 0 Å². The summed E-state index contributed by atoms with van der Waals surface area (Å²) < 4.78 is 4.28. The van der Waals surface area contributed by atoms with Crippen LogP contribution in [0.15, 0.2) is 0 Å². The zero-order valence-corrected chi connectivity index (χ0v) is 7.30. The number of aliphatic hydroxyl groups is 3. The number of ether oxygens (including phenoxy) is 1. The lowest BCUT2D eigenvalue weighted by molar-refractivity contribution is -0.205. The van der Waals surface area contributed by atoms with E-state index in [-0.39, 0.29) is 10.5 Å². The van der Waals surface area contributed by atoms with Gasteiger partial charge in [-0.15, -0.1) is 0 Å². The molecule has 0 saturated carbocycles. The van der Waals surface area contributed by atoms with Gasteiger partial charge in [0.25, 0.3) is 0 Å². The molecule has 1 aliphatic heterocycles. The first kappa shape index (κ1) is 8.66. The summed E-state index contributed by atoms with van der Waals surface area (Å²) in [5, 5.41) is 27.0. The molecule has 60 valence electrons. The van der Waals surface area contributed by atoms with Crippen LogP contribution in [0.5, 0.6) is 0 Å². The monoisotopic (exact) mass is 260 g/mol. The van der Waals surface area contributed by atoms with E-state index in [1.807, 2.05) is 22.6 Å². The van der Waals surface area contributed by atoms with Crippen molar-refractivity contribution in [1.29, 1.82) is 0 Å². The average molecular weight is 260 g/mol.